The van der Waals surface area contributed by atoms with Crippen LogP contribution in [-0.4, -0.2) is 53.1 Å². The Morgan fingerprint density at radius 1 is 0.971 bits per heavy atom. The maximum atomic E-state index is 13.8. The van der Waals surface area contributed by atoms with Crippen molar-refractivity contribution >= 4 is 5.91 Å². The molecule has 8 heteroatoms. The van der Waals surface area contributed by atoms with Gasteiger partial charge in [-0.2, -0.15) is 0 Å². The molecule has 2 fully saturated rings. The van der Waals surface area contributed by atoms with Crippen molar-refractivity contribution in [3.63, 3.8) is 0 Å². The zero-order chi connectivity index (χ0) is 24.7. The lowest BCUT2D eigenvalue weighted by atomic mass is 9.93. The maximum absolute atomic E-state index is 13.8. The fourth-order valence-corrected chi connectivity index (χ4v) is 4.51. The summed E-state index contributed by atoms with van der Waals surface area (Å²) in [4.78, 5) is 17.0. The van der Waals surface area contributed by atoms with Crippen molar-refractivity contribution in [2.45, 2.75) is 52.2 Å². The van der Waals surface area contributed by atoms with E-state index in [4.69, 9.17) is 4.74 Å². The number of likely N-dealkylation sites (tertiary alicyclic amines) is 2. The van der Waals surface area contributed by atoms with E-state index in [1.54, 1.807) is 12.1 Å². The highest BCUT2D eigenvalue weighted by molar-refractivity contribution is 5.79. The highest BCUT2D eigenvalue weighted by Gasteiger charge is 2.32. The molecule has 2 aliphatic rings. The van der Waals surface area contributed by atoms with Crippen molar-refractivity contribution in [3.8, 4) is 11.5 Å². The first kappa shape index (κ1) is 25.9. The van der Waals surface area contributed by atoms with Crippen LogP contribution in [0.5, 0.6) is 11.5 Å². The molecule has 0 aliphatic carbocycles. The molecular formula is C26H33F3N2O3. The summed E-state index contributed by atoms with van der Waals surface area (Å²) >= 11 is 0. The number of hydrogen-bond acceptors (Lipinski definition) is 4. The second-order valence-electron chi connectivity index (χ2n) is 8.56. The van der Waals surface area contributed by atoms with Crippen LogP contribution in [0.25, 0.3) is 0 Å². The molecule has 0 aromatic heterocycles. The number of ether oxygens (including phenoxy) is 1. The summed E-state index contributed by atoms with van der Waals surface area (Å²) in [6.07, 6.45) is 2.08. The lowest BCUT2D eigenvalue weighted by molar-refractivity contribution is -0.139. The van der Waals surface area contributed by atoms with E-state index in [0.29, 0.717) is 38.1 Å². The minimum absolute atomic E-state index is 0.0279. The second-order valence-corrected chi connectivity index (χ2v) is 8.56. The average molecular weight is 479 g/mol. The van der Waals surface area contributed by atoms with E-state index in [0.717, 1.165) is 38.0 Å². The van der Waals surface area contributed by atoms with Gasteiger partial charge in [0, 0.05) is 50.5 Å². The van der Waals surface area contributed by atoms with Crippen LogP contribution in [0.1, 0.15) is 45.1 Å². The van der Waals surface area contributed by atoms with E-state index in [2.05, 4.69) is 4.90 Å². The molecule has 1 amide bonds. The SMILES string of the molecule is CC.O=C(C1CCN(Cc2cccc(O)c2)CC1)N1CCC(Oc2c(F)cc(F)cc2F)CC1. The van der Waals surface area contributed by atoms with Gasteiger partial charge in [-0.15, -0.1) is 0 Å². The van der Waals surface area contributed by atoms with Crippen LogP contribution >= 0.6 is 0 Å². The van der Waals surface area contributed by atoms with Crippen LogP contribution in [0.15, 0.2) is 36.4 Å². The lowest BCUT2D eigenvalue weighted by Gasteiger charge is -2.37. The van der Waals surface area contributed by atoms with Crippen LogP contribution in [0.2, 0.25) is 0 Å². The molecule has 2 heterocycles. The number of halogens is 3. The Kier molecular flexibility index (Phi) is 9.21. The van der Waals surface area contributed by atoms with Crippen molar-refractivity contribution in [2.24, 2.45) is 5.92 Å². The molecule has 0 bridgehead atoms. The number of benzene rings is 2. The summed E-state index contributed by atoms with van der Waals surface area (Å²) in [7, 11) is 0. The number of phenolic OH excluding ortho intramolecular Hbond substituents is 1. The summed E-state index contributed by atoms with van der Waals surface area (Å²) in [5, 5.41) is 9.61. The zero-order valence-electron chi connectivity index (χ0n) is 19.8. The minimum atomic E-state index is -1.06. The molecule has 186 valence electrons. The predicted molar refractivity (Wildman–Crippen MR) is 124 cm³/mol. The Morgan fingerprint density at radius 3 is 2.18 bits per heavy atom. The maximum Gasteiger partial charge on any atom is 0.225 e. The highest BCUT2D eigenvalue weighted by Crippen LogP contribution is 2.28. The van der Waals surface area contributed by atoms with Gasteiger partial charge in [0.05, 0.1) is 0 Å². The number of rotatable bonds is 5. The van der Waals surface area contributed by atoms with Gasteiger partial charge in [0.2, 0.25) is 5.91 Å². The number of amides is 1. The average Bonchev–Trinajstić information content (AvgIpc) is 2.83. The Bertz CT molecular complexity index is 933. The number of carbonyl (C=O) groups is 1. The highest BCUT2D eigenvalue weighted by atomic mass is 19.1. The van der Waals surface area contributed by atoms with E-state index in [-0.39, 0.29) is 17.6 Å². The molecule has 5 nitrogen and oxygen atoms in total. The molecule has 34 heavy (non-hydrogen) atoms. The molecule has 2 aromatic rings. The summed E-state index contributed by atoms with van der Waals surface area (Å²) in [5.41, 5.74) is 1.05. The monoisotopic (exact) mass is 478 g/mol. The fourth-order valence-electron chi connectivity index (χ4n) is 4.51. The van der Waals surface area contributed by atoms with Gasteiger partial charge in [-0.1, -0.05) is 26.0 Å². The van der Waals surface area contributed by atoms with E-state index >= 15 is 0 Å². The van der Waals surface area contributed by atoms with Gasteiger partial charge >= 0.3 is 0 Å². The van der Waals surface area contributed by atoms with Gasteiger partial charge < -0.3 is 14.7 Å². The van der Waals surface area contributed by atoms with E-state index in [9.17, 15) is 23.1 Å². The molecule has 1 N–H and O–H groups in total. The first-order valence-corrected chi connectivity index (χ1v) is 12.0. The predicted octanol–water partition coefficient (Wildman–Crippen LogP) is 5.12. The Hall–Kier alpha value is -2.74. The van der Waals surface area contributed by atoms with Gasteiger partial charge in [-0.3, -0.25) is 9.69 Å². The van der Waals surface area contributed by atoms with Crippen LogP contribution in [0.3, 0.4) is 0 Å². The summed E-state index contributed by atoms with van der Waals surface area (Å²) in [6, 6.07) is 8.41. The number of piperidine rings is 2. The first-order chi connectivity index (χ1) is 16.4. The van der Waals surface area contributed by atoms with Crippen molar-refractivity contribution in [1.82, 2.24) is 9.80 Å². The number of aromatic hydroxyl groups is 1. The number of nitrogens with zero attached hydrogens (tertiary/aromatic N) is 2. The molecule has 0 atom stereocenters. The molecule has 4 rings (SSSR count). The van der Waals surface area contributed by atoms with Crippen LogP contribution in [0.4, 0.5) is 13.2 Å². The van der Waals surface area contributed by atoms with Gasteiger partial charge in [0.1, 0.15) is 17.7 Å². The minimum Gasteiger partial charge on any atom is -0.508 e. The summed E-state index contributed by atoms with van der Waals surface area (Å²) < 4.78 is 46.1. The molecule has 2 aromatic carbocycles. The molecule has 0 unspecified atom stereocenters. The molecule has 2 aliphatic heterocycles. The fraction of sp³-hybridized carbons (Fsp3) is 0.500. The van der Waals surface area contributed by atoms with Gasteiger partial charge in [0.15, 0.2) is 17.4 Å². The van der Waals surface area contributed by atoms with Gasteiger partial charge in [-0.25, -0.2) is 13.2 Å². The Balaban J connectivity index is 0.00000158. The standard InChI is InChI=1S/C24H27F3N2O3.C2H6/c25-18-13-21(26)23(22(27)14-18)32-20-6-10-29(11-7-20)24(31)17-4-8-28(9-5-17)15-16-2-1-3-19(30)12-16;1-2/h1-3,12-14,17,20,30H,4-11,15H2;1-2H3. The van der Waals surface area contributed by atoms with Crippen LogP contribution in [-0.2, 0) is 11.3 Å². The normalized spacial score (nSPS) is 17.7. The zero-order valence-corrected chi connectivity index (χ0v) is 19.8. The number of hydrogen-bond donors (Lipinski definition) is 1. The van der Waals surface area contributed by atoms with Gasteiger partial charge in [-0.05, 0) is 43.6 Å². The second kappa shape index (κ2) is 12.1. The third-order valence-electron chi connectivity index (χ3n) is 6.25. The van der Waals surface area contributed by atoms with Crippen LogP contribution < -0.4 is 4.74 Å². The molecule has 0 saturated carbocycles. The summed E-state index contributed by atoms with van der Waals surface area (Å²) in [6.45, 7) is 7.31. The molecule has 0 radical (unpaired) electrons. The van der Waals surface area contributed by atoms with Crippen LogP contribution in [0, 0.1) is 23.4 Å². The first-order valence-electron chi connectivity index (χ1n) is 12.0. The number of carbonyl (C=O) groups excluding carboxylic acids is 1. The van der Waals surface area contributed by atoms with E-state index in [1.165, 1.54) is 0 Å². The van der Waals surface area contributed by atoms with Crippen molar-refractivity contribution in [3.05, 3.63) is 59.4 Å². The third-order valence-corrected chi connectivity index (χ3v) is 6.25. The van der Waals surface area contributed by atoms with Crippen molar-refractivity contribution in [1.29, 1.82) is 0 Å². The largest absolute Gasteiger partial charge is 0.508 e. The number of phenols is 1. The van der Waals surface area contributed by atoms with Crippen molar-refractivity contribution < 1.29 is 27.8 Å². The van der Waals surface area contributed by atoms with E-state index in [1.807, 2.05) is 30.9 Å². The molecular weight excluding hydrogens is 445 g/mol. The molecule has 0 spiro atoms. The van der Waals surface area contributed by atoms with Crippen molar-refractivity contribution in [2.75, 3.05) is 26.2 Å². The topological polar surface area (TPSA) is 53.0 Å². The third kappa shape index (κ3) is 6.65. The quantitative estimate of drug-likeness (QED) is 0.648. The molecule has 2 saturated heterocycles. The Morgan fingerprint density at radius 2 is 1.59 bits per heavy atom. The lowest BCUT2D eigenvalue weighted by Crippen LogP contribution is -2.47. The smallest absolute Gasteiger partial charge is 0.225 e. The Labute approximate surface area is 199 Å². The van der Waals surface area contributed by atoms with E-state index < -0.39 is 29.3 Å². The summed E-state index contributed by atoms with van der Waals surface area (Å²) in [5.74, 6) is -3.31. The van der Waals surface area contributed by atoms with Gasteiger partial charge in [0.25, 0.3) is 0 Å².